The predicted molar refractivity (Wildman–Crippen MR) is 67.9 cm³/mol. The van der Waals surface area contributed by atoms with E-state index in [2.05, 4.69) is 6.07 Å². The van der Waals surface area contributed by atoms with E-state index in [1.54, 1.807) is 13.2 Å². The molecule has 0 bridgehead atoms. The largest absolute Gasteiger partial charge is 0.495 e. The van der Waals surface area contributed by atoms with Crippen LogP contribution in [0.15, 0.2) is 42.5 Å². The summed E-state index contributed by atoms with van der Waals surface area (Å²) in [7, 11) is 1.58. The first-order chi connectivity index (χ1) is 8.26. The fourth-order valence-electron chi connectivity index (χ4n) is 1.79. The van der Waals surface area contributed by atoms with Crippen LogP contribution in [0.25, 0.3) is 11.1 Å². The third-order valence-electron chi connectivity index (χ3n) is 2.72. The highest BCUT2D eigenvalue weighted by atomic mass is 16.5. The van der Waals surface area contributed by atoms with Gasteiger partial charge in [-0.05, 0) is 18.6 Å². The first-order valence-corrected chi connectivity index (χ1v) is 5.40. The van der Waals surface area contributed by atoms with Gasteiger partial charge >= 0.3 is 0 Å². The minimum absolute atomic E-state index is 0.582. The average Bonchev–Trinajstić information content (AvgIpc) is 2.38. The van der Waals surface area contributed by atoms with Crippen LogP contribution in [0.2, 0.25) is 0 Å². The Morgan fingerprint density at radius 2 is 1.76 bits per heavy atom. The second-order valence-corrected chi connectivity index (χ2v) is 3.86. The molecule has 0 unspecified atom stereocenters. The summed E-state index contributed by atoms with van der Waals surface area (Å²) in [6.45, 7) is 2.04. The Bertz CT molecular complexity index is 564. The highest BCUT2D eigenvalue weighted by molar-refractivity contribution is 5.73. The molecule has 0 N–H and O–H groups in total. The molecule has 0 saturated carbocycles. The summed E-state index contributed by atoms with van der Waals surface area (Å²) >= 11 is 0. The minimum atomic E-state index is 0.582. The van der Waals surface area contributed by atoms with Crippen LogP contribution in [-0.4, -0.2) is 7.11 Å². The third kappa shape index (κ3) is 2.14. The molecule has 2 aromatic rings. The van der Waals surface area contributed by atoms with Crippen LogP contribution in [0, 0.1) is 18.3 Å². The maximum atomic E-state index is 9.22. The fourth-order valence-corrected chi connectivity index (χ4v) is 1.79. The van der Waals surface area contributed by atoms with Gasteiger partial charge in [0.25, 0.3) is 0 Å². The van der Waals surface area contributed by atoms with Gasteiger partial charge in [-0.3, -0.25) is 0 Å². The minimum Gasteiger partial charge on any atom is -0.495 e. The van der Waals surface area contributed by atoms with Crippen LogP contribution in [0.3, 0.4) is 0 Å². The molecule has 84 valence electrons. The Kier molecular flexibility index (Phi) is 3.11. The molecule has 0 heterocycles. The number of aryl methyl sites for hydroxylation is 1. The van der Waals surface area contributed by atoms with Gasteiger partial charge in [-0.25, -0.2) is 0 Å². The molecule has 0 aliphatic heterocycles. The van der Waals surface area contributed by atoms with Crippen molar-refractivity contribution in [2.75, 3.05) is 7.11 Å². The molecular weight excluding hydrogens is 210 g/mol. The molecule has 2 nitrogen and oxygen atoms in total. The zero-order valence-corrected chi connectivity index (χ0v) is 9.90. The van der Waals surface area contributed by atoms with E-state index in [9.17, 15) is 5.26 Å². The van der Waals surface area contributed by atoms with Crippen molar-refractivity contribution in [3.63, 3.8) is 0 Å². The van der Waals surface area contributed by atoms with E-state index < -0.39 is 0 Å². The summed E-state index contributed by atoms with van der Waals surface area (Å²) in [4.78, 5) is 0. The smallest absolute Gasteiger partial charge is 0.137 e. The number of ether oxygens (including phenoxy) is 1. The summed E-state index contributed by atoms with van der Waals surface area (Å²) in [5.74, 6) is 0.616. The van der Waals surface area contributed by atoms with E-state index in [1.807, 2.05) is 43.3 Å². The molecule has 0 aliphatic rings. The van der Waals surface area contributed by atoms with E-state index >= 15 is 0 Å². The van der Waals surface area contributed by atoms with Gasteiger partial charge in [-0.15, -0.1) is 0 Å². The Morgan fingerprint density at radius 1 is 1.06 bits per heavy atom. The normalized spacial score (nSPS) is 9.71. The number of benzene rings is 2. The number of nitrogens with zero attached hydrogens (tertiary/aromatic N) is 1. The van der Waals surface area contributed by atoms with Gasteiger partial charge in [0.2, 0.25) is 0 Å². The standard InChI is InChI=1S/C15H13NO/c1-11-6-8-12(9-7-11)13-4-3-5-15(17-2)14(13)10-16/h3-9H,1-2H3. The number of rotatable bonds is 2. The number of hydrogen-bond donors (Lipinski definition) is 0. The van der Waals surface area contributed by atoms with Crippen LogP contribution < -0.4 is 4.74 Å². The first kappa shape index (κ1) is 11.2. The van der Waals surface area contributed by atoms with Gasteiger partial charge in [0.15, 0.2) is 0 Å². The zero-order chi connectivity index (χ0) is 12.3. The van der Waals surface area contributed by atoms with Crippen molar-refractivity contribution in [3.8, 4) is 22.9 Å². The van der Waals surface area contributed by atoms with Crippen LogP contribution >= 0.6 is 0 Å². The Morgan fingerprint density at radius 3 is 2.35 bits per heavy atom. The van der Waals surface area contributed by atoms with Crippen LogP contribution in [0.1, 0.15) is 11.1 Å². The lowest BCUT2D eigenvalue weighted by atomic mass is 9.99. The molecule has 0 atom stereocenters. The highest BCUT2D eigenvalue weighted by Crippen LogP contribution is 2.29. The molecule has 17 heavy (non-hydrogen) atoms. The molecule has 0 radical (unpaired) electrons. The summed E-state index contributed by atoms with van der Waals surface area (Å²) in [6, 6.07) is 16.0. The van der Waals surface area contributed by atoms with Crippen LogP contribution in [-0.2, 0) is 0 Å². The SMILES string of the molecule is COc1cccc(-c2ccc(C)cc2)c1C#N. The highest BCUT2D eigenvalue weighted by Gasteiger charge is 2.09. The van der Waals surface area contributed by atoms with Gasteiger partial charge < -0.3 is 4.74 Å². The van der Waals surface area contributed by atoms with Crippen molar-refractivity contribution in [3.05, 3.63) is 53.6 Å². The van der Waals surface area contributed by atoms with Crippen LogP contribution in [0.5, 0.6) is 5.75 Å². The van der Waals surface area contributed by atoms with E-state index in [0.717, 1.165) is 11.1 Å². The molecule has 0 spiro atoms. The van der Waals surface area contributed by atoms with Crippen molar-refractivity contribution in [1.29, 1.82) is 5.26 Å². The van der Waals surface area contributed by atoms with Gasteiger partial charge in [0, 0.05) is 5.56 Å². The van der Waals surface area contributed by atoms with E-state index in [4.69, 9.17) is 4.74 Å². The Labute approximate surface area is 101 Å². The predicted octanol–water partition coefficient (Wildman–Crippen LogP) is 3.54. The average molecular weight is 223 g/mol. The zero-order valence-electron chi connectivity index (χ0n) is 9.90. The van der Waals surface area contributed by atoms with Gasteiger partial charge in [-0.1, -0.05) is 42.0 Å². The molecule has 2 aromatic carbocycles. The molecule has 0 fully saturated rings. The lowest BCUT2D eigenvalue weighted by molar-refractivity contribution is 0.413. The summed E-state index contributed by atoms with van der Waals surface area (Å²) in [6.07, 6.45) is 0. The van der Waals surface area contributed by atoms with E-state index in [1.165, 1.54) is 5.56 Å². The monoisotopic (exact) mass is 223 g/mol. The fraction of sp³-hybridized carbons (Fsp3) is 0.133. The second kappa shape index (κ2) is 4.71. The lowest BCUT2D eigenvalue weighted by Crippen LogP contribution is -1.91. The molecule has 2 heteroatoms. The quantitative estimate of drug-likeness (QED) is 0.780. The summed E-state index contributed by atoms with van der Waals surface area (Å²) in [5, 5.41) is 9.22. The number of methoxy groups -OCH3 is 1. The molecule has 0 aliphatic carbocycles. The number of nitriles is 1. The summed E-state index contributed by atoms with van der Waals surface area (Å²) < 4.78 is 5.20. The second-order valence-electron chi connectivity index (χ2n) is 3.86. The maximum Gasteiger partial charge on any atom is 0.137 e. The van der Waals surface area contributed by atoms with Crippen LogP contribution in [0.4, 0.5) is 0 Å². The van der Waals surface area contributed by atoms with E-state index in [-0.39, 0.29) is 0 Å². The topological polar surface area (TPSA) is 33.0 Å². The molecule has 0 aromatic heterocycles. The Hall–Kier alpha value is -2.27. The molecule has 0 amide bonds. The Balaban J connectivity index is 2.60. The van der Waals surface area contributed by atoms with E-state index in [0.29, 0.717) is 11.3 Å². The lowest BCUT2D eigenvalue weighted by Gasteiger charge is -2.08. The summed E-state index contributed by atoms with van der Waals surface area (Å²) in [5.41, 5.74) is 3.73. The first-order valence-electron chi connectivity index (χ1n) is 5.40. The van der Waals surface area contributed by atoms with Gasteiger partial charge in [0.05, 0.1) is 7.11 Å². The van der Waals surface area contributed by atoms with Crippen molar-refractivity contribution in [1.82, 2.24) is 0 Å². The number of hydrogen-bond acceptors (Lipinski definition) is 2. The molecule has 2 rings (SSSR count). The maximum absolute atomic E-state index is 9.22. The van der Waals surface area contributed by atoms with Crippen molar-refractivity contribution >= 4 is 0 Å². The van der Waals surface area contributed by atoms with Gasteiger partial charge in [0.1, 0.15) is 17.4 Å². The van der Waals surface area contributed by atoms with Crippen molar-refractivity contribution < 1.29 is 4.74 Å². The molecular formula is C15H13NO. The third-order valence-corrected chi connectivity index (χ3v) is 2.72. The van der Waals surface area contributed by atoms with Crippen molar-refractivity contribution in [2.24, 2.45) is 0 Å². The molecule has 0 saturated heterocycles. The van der Waals surface area contributed by atoms with Gasteiger partial charge in [-0.2, -0.15) is 5.26 Å². The van der Waals surface area contributed by atoms with Crippen molar-refractivity contribution in [2.45, 2.75) is 6.92 Å².